The lowest BCUT2D eigenvalue weighted by atomic mass is 9.54. The van der Waals surface area contributed by atoms with Gasteiger partial charge >= 0.3 is 0 Å². The molecule has 0 aliphatic heterocycles. The molecule has 0 saturated heterocycles. The second-order valence-corrected chi connectivity index (χ2v) is 8.49. The predicted molar refractivity (Wildman–Crippen MR) is 90.8 cm³/mol. The minimum Gasteiger partial charge on any atom is -0.342 e. The fraction of sp³-hybridized carbons (Fsp3) is 0.944. The molecule has 0 spiro atoms. The van der Waals surface area contributed by atoms with Crippen LogP contribution in [0.2, 0.25) is 0 Å². The minimum absolute atomic E-state index is 0. The molecule has 0 aromatic heterocycles. The molecule has 5 saturated carbocycles. The predicted octanol–water partition coefficient (Wildman–Crippen LogP) is 3.21. The zero-order chi connectivity index (χ0) is 14.6. The van der Waals surface area contributed by atoms with Crippen molar-refractivity contribution in [1.29, 1.82) is 0 Å². The molecule has 5 aliphatic carbocycles. The monoisotopic (exact) mass is 326 g/mol. The van der Waals surface area contributed by atoms with Gasteiger partial charge in [-0.15, -0.1) is 12.4 Å². The Bertz CT molecular complexity index is 399. The summed E-state index contributed by atoms with van der Waals surface area (Å²) in [5, 5.41) is 0. The smallest absolute Gasteiger partial charge is 0.225 e. The van der Waals surface area contributed by atoms with Crippen molar-refractivity contribution >= 4 is 18.3 Å². The largest absolute Gasteiger partial charge is 0.342 e. The highest BCUT2D eigenvalue weighted by Crippen LogP contribution is 2.55. The van der Waals surface area contributed by atoms with E-state index >= 15 is 0 Å². The summed E-state index contributed by atoms with van der Waals surface area (Å²) in [6.07, 6.45) is 11.2. The first-order valence-electron chi connectivity index (χ1n) is 9.14. The molecule has 3 nitrogen and oxygen atoms in total. The third-order valence-corrected chi connectivity index (χ3v) is 7.04. The van der Waals surface area contributed by atoms with Gasteiger partial charge in [0.25, 0.3) is 0 Å². The topological polar surface area (TPSA) is 46.3 Å². The third-order valence-electron chi connectivity index (χ3n) is 7.04. The first-order valence-corrected chi connectivity index (χ1v) is 9.14. The molecule has 2 unspecified atom stereocenters. The van der Waals surface area contributed by atoms with Crippen molar-refractivity contribution in [1.82, 2.24) is 4.90 Å². The zero-order valence-electron chi connectivity index (χ0n) is 13.7. The van der Waals surface area contributed by atoms with Gasteiger partial charge in [0.2, 0.25) is 5.91 Å². The van der Waals surface area contributed by atoms with E-state index in [1.807, 2.05) is 0 Å². The van der Waals surface area contributed by atoms with E-state index in [-0.39, 0.29) is 24.4 Å². The van der Waals surface area contributed by atoms with Crippen LogP contribution in [-0.2, 0) is 4.79 Å². The van der Waals surface area contributed by atoms with Crippen LogP contribution in [0.15, 0.2) is 0 Å². The molecule has 0 radical (unpaired) electrons. The van der Waals surface area contributed by atoms with E-state index in [1.54, 1.807) is 0 Å². The lowest BCUT2D eigenvalue weighted by Gasteiger charge is -2.57. The van der Waals surface area contributed by atoms with E-state index in [4.69, 9.17) is 5.73 Å². The lowest BCUT2D eigenvalue weighted by molar-refractivity contribution is -0.146. The van der Waals surface area contributed by atoms with Crippen LogP contribution in [0.3, 0.4) is 0 Å². The average molecular weight is 327 g/mol. The highest BCUT2D eigenvalue weighted by Gasteiger charge is 2.50. The summed E-state index contributed by atoms with van der Waals surface area (Å²) in [5.74, 6) is 4.17. The van der Waals surface area contributed by atoms with Gasteiger partial charge in [0.15, 0.2) is 0 Å². The number of nitrogens with two attached hydrogens (primary N) is 1. The van der Waals surface area contributed by atoms with Gasteiger partial charge in [-0.2, -0.15) is 0 Å². The maximum Gasteiger partial charge on any atom is 0.225 e. The van der Waals surface area contributed by atoms with Crippen LogP contribution in [0, 0.1) is 29.6 Å². The Labute approximate surface area is 140 Å². The molecule has 22 heavy (non-hydrogen) atoms. The Hall–Kier alpha value is -0.280. The van der Waals surface area contributed by atoms with Gasteiger partial charge in [-0.1, -0.05) is 6.42 Å². The number of halogens is 1. The molecule has 126 valence electrons. The molecule has 2 N–H and O–H groups in total. The van der Waals surface area contributed by atoms with E-state index in [2.05, 4.69) is 11.9 Å². The Kier molecular flexibility index (Phi) is 4.76. The van der Waals surface area contributed by atoms with E-state index in [0.717, 1.165) is 49.4 Å². The molecule has 4 heteroatoms. The second-order valence-electron chi connectivity index (χ2n) is 8.49. The lowest BCUT2D eigenvalue weighted by Crippen LogP contribution is -2.57. The Morgan fingerprint density at radius 2 is 1.55 bits per heavy atom. The van der Waals surface area contributed by atoms with E-state index in [1.165, 1.54) is 32.1 Å². The molecule has 4 bridgehead atoms. The quantitative estimate of drug-likeness (QED) is 0.847. The van der Waals surface area contributed by atoms with Crippen LogP contribution in [0.4, 0.5) is 0 Å². The Balaban J connectivity index is 0.00000144. The molecule has 0 heterocycles. The van der Waals surface area contributed by atoms with Crippen LogP contribution < -0.4 is 5.73 Å². The maximum absolute atomic E-state index is 12.9. The summed E-state index contributed by atoms with van der Waals surface area (Å²) in [7, 11) is 2.09. The van der Waals surface area contributed by atoms with Crippen LogP contribution in [0.1, 0.15) is 57.8 Å². The first kappa shape index (κ1) is 16.6. The van der Waals surface area contributed by atoms with Crippen molar-refractivity contribution in [2.75, 3.05) is 7.05 Å². The summed E-state index contributed by atoms with van der Waals surface area (Å²) >= 11 is 0. The summed E-state index contributed by atoms with van der Waals surface area (Å²) in [4.78, 5) is 15.1. The number of nitrogens with zero attached hydrogens (tertiary/aromatic N) is 1. The Morgan fingerprint density at radius 1 is 0.955 bits per heavy atom. The number of amides is 1. The number of hydrogen-bond acceptors (Lipinski definition) is 2. The second kappa shape index (κ2) is 6.32. The van der Waals surface area contributed by atoms with E-state index in [9.17, 15) is 4.79 Å². The standard InChI is InChI=1S/C18H30N2O.ClH/c1-20(18(21)13-3-2-4-16(19)10-13)17-14-6-11-5-12(8-14)9-15(17)7-11;/h11-17H,2-10,19H2,1H3;1H. The molecule has 5 rings (SSSR count). The molecule has 0 aromatic rings. The number of hydrogen-bond donors (Lipinski definition) is 1. The number of carbonyl (C=O) groups excluding carboxylic acids is 1. The number of rotatable bonds is 2. The van der Waals surface area contributed by atoms with Crippen molar-refractivity contribution in [3.05, 3.63) is 0 Å². The van der Waals surface area contributed by atoms with Gasteiger partial charge in [-0.25, -0.2) is 0 Å². The average Bonchev–Trinajstić information content (AvgIpc) is 2.45. The first-order chi connectivity index (χ1) is 10.1. The molecular weight excluding hydrogens is 296 g/mol. The normalized spacial score (nSPS) is 46.2. The summed E-state index contributed by atoms with van der Waals surface area (Å²) in [5.41, 5.74) is 6.09. The van der Waals surface area contributed by atoms with E-state index < -0.39 is 0 Å². The van der Waals surface area contributed by atoms with Gasteiger partial charge in [-0.05, 0) is 75.0 Å². The van der Waals surface area contributed by atoms with Crippen molar-refractivity contribution in [2.45, 2.75) is 69.9 Å². The van der Waals surface area contributed by atoms with Crippen molar-refractivity contribution < 1.29 is 4.79 Å². The fourth-order valence-corrected chi connectivity index (χ4v) is 6.42. The highest BCUT2D eigenvalue weighted by atomic mass is 35.5. The van der Waals surface area contributed by atoms with Gasteiger partial charge in [0.05, 0.1) is 0 Å². The fourth-order valence-electron chi connectivity index (χ4n) is 6.42. The van der Waals surface area contributed by atoms with Gasteiger partial charge in [0, 0.05) is 25.0 Å². The van der Waals surface area contributed by atoms with Gasteiger partial charge < -0.3 is 10.6 Å². The SMILES string of the molecule is CN(C(=O)C1CCCC(N)C1)C1C2CC3CC(C2)CC1C3.Cl. The molecule has 2 atom stereocenters. The van der Waals surface area contributed by atoms with Crippen LogP contribution in [0.25, 0.3) is 0 Å². The third kappa shape index (κ3) is 2.80. The minimum atomic E-state index is 0. The van der Waals surface area contributed by atoms with Gasteiger partial charge in [0.1, 0.15) is 0 Å². The molecular formula is C18H31ClN2O. The van der Waals surface area contributed by atoms with Crippen LogP contribution in [-0.4, -0.2) is 29.9 Å². The summed E-state index contributed by atoms with van der Waals surface area (Å²) < 4.78 is 0. The zero-order valence-corrected chi connectivity index (χ0v) is 14.6. The summed E-state index contributed by atoms with van der Waals surface area (Å²) in [6, 6.07) is 0.794. The van der Waals surface area contributed by atoms with Crippen LogP contribution >= 0.6 is 12.4 Å². The molecule has 5 fully saturated rings. The summed E-state index contributed by atoms with van der Waals surface area (Å²) in [6.45, 7) is 0. The molecule has 5 aliphatic rings. The van der Waals surface area contributed by atoms with Crippen LogP contribution in [0.5, 0.6) is 0 Å². The molecule has 0 aromatic carbocycles. The van der Waals surface area contributed by atoms with Crippen molar-refractivity contribution in [3.63, 3.8) is 0 Å². The van der Waals surface area contributed by atoms with Gasteiger partial charge in [-0.3, -0.25) is 4.79 Å². The Morgan fingerprint density at radius 3 is 2.09 bits per heavy atom. The maximum atomic E-state index is 12.9. The van der Waals surface area contributed by atoms with E-state index in [0.29, 0.717) is 11.9 Å². The number of carbonyl (C=O) groups is 1. The van der Waals surface area contributed by atoms with Crippen molar-refractivity contribution in [2.24, 2.45) is 35.3 Å². The molecule has 1 amide bonds. The highest BCUT2D eigenvalue weighted by molar-refractivity contribution is 5.85. The van der Waals surface area contributed by atoms with Crippen molar-refractivity contribution in [3.8, 4) is 0 Å².